The van der Waals surface area contributed by atoms with Gasteiger partial charge in [0.15, 0.2) is 0 Å². The topological polar surface area (TPSA) is 121 Å². The predicted molar refractivity (Wildman–Crippen MR) is 249 cm³/mol. The Morgan fingerprint density at radius 2 is 1.22 bits per heavy atom. The lowest BCUT2D eigenvalue weighted by atomic mass is 9.77. The third-order valence-corrected chi connectivity index (χ3v) is 13.7. The van der Waals surface area contributed by atoms with Crippen molar-refractivity contribution in [1.29, 1.82) is 0 Å². The summed E-state index contributed by atoms with van der Waals surface area (Å²) in [7, 11) is 4.46. The van der Waals surface area contributed by atoms with Gasteiger partial charge >= 0.3 is 19.1 Å². The van der Waals surface area contributed by atoms with E-state index in [-0.39, 0.29) is 18.0 Å². The van der Waals surface area contributed by atoms with Gasteiger partial charge in [-0.25, -0.2) is 14.6 Å². The molecule has 0 radical (unpaired) electrons. The molecule has 4 saturated heterocycles. The minimum atomic E-state index is -0.531. The molecule has 2 aromatic carbocycles. The van der Waals surface area contributed by atoms with Crippen LogP contribution in [0.5, 0.6) is 5.88 Å². The molecule has 0 amide bonds. The van der Waals surface area contributed by atoms with Crippen LogP contribution in [0, 0.1) is 13.8 Å². The Hall–Kier alpha value is -4.21. The number of nitrogens with zero attached hydrogens (tertiary/aromatic N) is 4. The van der Waals surface area contributed by atoms with Crippen LogP contribution in [0.3, 0.4) is 0 Å². The highest BCUT2D eigenvalue weighted by Gasteiger charge is 2.52. The molecule has 5 heterocycles. The largest absolute Gasteiger partial charge is 0.494 e. The van der Waals surface area contributed by atoms with Gasteiger partial charge in [0.25, 0.3) is 0 Å². The molecule has 4 aliphatic heterocycles. The quantitative estimate of drug-likeness (QED) is 0.133. The van der Waals surface area contributed by atoms with Gasteiger partial charge in [-0.1, -0.05) is 0 Å². The number of rotatable bonds is 12. The SMILES string of the molecule is CCN(c1cc(-c2ccc(OC3CCN(C)CC3)nc2)cc(C(=O)OC)c1C)C1CCOCC1.CCN(c1cc(B2OC(C)(C)C(C)(C)O2)cc(C(=O)OC)c1C)C1CCOCC1. The van der Waals surface area contributed by atoms with Crippen molar-refractivity contribution < 1.29 is 42.6 Å². The van der Waals surface area contributed by atoms with Gasteiger partial charge in [-0.05, 0) is 153 Å². The fourth-order valence-electron chi connectivity index (χ4n) is 9.08. The molecule has 0 spiro atoms. The summed E-state index contributed by atoms with van der Waals surface area (Å²) in [6.07, 6.45) is 7.99. The average molecular weight is 871 g/mol. The summed E-state index contributed by atoms with van der Waals surface area (Å²) in [5, 5.41) is 0. The van der Waals surface area contributed by atoms with Crippen molar-refractivity contribution in [2.24, 2.45) is 0 Å². The van der Waals surface area contributed by atoms with Crippen LogP contribution in [0.25, 0.3) is 11.1 Å². The van der Waals surface area contributed by atoms with Crippen molar-refractivity contribution >= 4 is 35.9 Å². The summed E-state index contributed by atoms with van der Waals surface area (Å²) < 4.78 is 40.0. The van der Waals surface area contributed by atoms with Crippen LogP contribution in [-0.4, -0.2) is 132 Å². The van der Waals surface area contributed by atoms with E-state index in [2.05, 4.69) is 52.7 Å². The first-order chi connectivity index (χ1) is 30.1. The molecular formula is C49H71BN4O9. The maximum atomic E-state index is 12.7. The maximum Gasteiger partial charge on any atom is 0.494 e. The summed E-state index contributed by atoms with van der Waals surface area (Å²) >= 11 is 0. The number of anilines is 2. The molecule has 0 N–H and O–H groups in total. The third kappa shape index (κ3) is 11.2. The number of esters is 2. The zero-order chi connectivity index (χ0) is 45.5. The van der Waals surface area contributed by atoms with Crippen LogP contribution in [0.1, 0.15) is 112 Å². The Kier molecular flexibility index (Phi) is 16.2. The van der Waals surface area contributed by atoms with Gasteiger partial charge in [0.05, 0.1) is 36.5 Å². The van der Waals surface area contributed by atoms with Gasteiger partial charge in [-0.15, -0.1) is 0 Å². The van der Waals surface area contributed by atoms with Gasteiger partial charge in [-0.3, -0.25) is 0 Å². The van der Waals surface area contributed by atoms with Gasteiger partial charge in [-0.2, -0.15) is 0 Å². The van der Waals surface area contributed by atoms with Crippen molar-refractivity contribution in [3.8, 4) is 17.0 Å². The fourth-order valence-corrected chi connectivity index (χ4v) is 9.08. The molecule has 7 rings (SSSR count). The van der Waals surface area contributed by atoms with Gasteiger partial charge in [0.2, 0.25) is 5.88 Å². The Bertz CT molecular complexity index is 1990. The van der Waals surface area contributed by atoms with E-state index in [4.69, 9.17) is 33.0 Å². The number of methoxy groups -OCH3 is 2. The smallest absolute Gasteiger partial charge is 0.474 e. The molecule has 63 heavy (non-hydrogen) atoms. The highest BCUT2D eigenvalue weighted by molar-refractivity contribution is 6.62. The van der Waals surface area contributed by atoms with Crippen molar-refractivity contribution in [1.82, 2.24) is 9.88 Å². The number of benzene rings is 2. The molecular weight excluding hydrogens is 799 g/mol. The second-order valence-electron chi connectivity index (χ2n) is 18.2. The first kappa shape index (κ1) is 48.3. The van der Waals surface area contributed by atoms with Crippen molar-refractivity contribution in [3.05, 3.63) is 64.8 Å². The highest BCUT2D eigenvalue weighted by atomic mass is 16.7. The van der Waals surface area contributed by atoms with E-state index in [1.165, 1.54) is 14.2 Å². The van der Waals surface area contributed by atoms with Gasteiger partial charge in [0, 0.05) is 93.9 Å². The van der Waals surface area contributed by atoms with E-state index in [0.29, 0.717) is 29.1 Å². The minimum absolute atomic E-state index is 0.212. The number of carbonyl (C=O) groups is 2. The number of piperidine rings is 1. The molecule has 3 aromatic rings. The minimum Gasteiger partial charge on any atom is -0.474 e. The number of aromatic nitrogens is 1. The number of carbonyl (C=O) groups excluding carboxylic acids is 2. The van der Waals surface area contributed by atoms with Gasteiger partial charge in [0.1, 0.15) is 6.10 Å². The normalized spacial score (nSPS) is 19.5. The van der Waals surface area contributed by atoms with E-state index in [9.17, 15) is 9.59 Å². The molecule has 0 atom stereocenters. The summed E-state index contributed by atoms with van der Waals surface area (Å²) in [5.41, 5.74) is 6.96. The number of pyridine rings is 1. The zero-order valence-electron chi connectivity index (χ0n) is 39.7. The Morgan fingerprint density at radius 3 is 1.68 bits per heavy atom. The molecule has 14 heteroatoms. The fraction of sp³-hybridized carbons (Fsp3) is 0.612. The van der Waals surface area contributed by atoms with Crippen LogP contribution in [0.4, 0.5) is 11.4 Å². The maximum absolute atomic E-state index is 12.7. The van der Waals surface area contributed by atoms with Gasteiger partial charge < -0.3 is 47.7 Å². The summed E-state index contributed by atoms with van der Waals surface area (Å²) in [5.74, 6) is -0.0137. The molecule has 0 unspecified atom stereocenters. The Labute approximate surface area is 376 Å². The molecule has 0 saturated carbocycles. The number of ether oxygens (including phenoxy) is 5. The molecule has 4 aliphatic rings. The van der Waals surface area contributed by atoms with Crippen molar-refractivity contribution in [3.63, 3.8) is 0 Å². The van der Waals surface area contributed by atoms with Crippen molar-refractivity contribution in [2.45, 2.75) is 123 Å². The standard InChI is InChI=1S/C27H37N3O4.C22H34BNO5/c1-5-30(22-10-14-33-15-11-22)25-17-21(16-24(19(25)2)27(31)32-4)20-6-7-26(28-18-20)34-23-8-12-29(3)13-9-23;1-8-24(17-9-11-27-12-10-17)19-14-16(13-18(15(19)2)20(25)26-7)23-28-21(3,4)22(5,6)29-23/h6-7,16-18,22-23H,5,8-15H2,1-4H3;13-14,17H,8-12H2,1-7H3. The molecule has 0 aliphatic carbocycles. The Morgan fingerprint density at radius 1 is 0.730 bits per heavy atom. The number of hydrogen-bond donors (Lipinski definition) is 0. The number of hydrogen-bond acceptors (Lipinski definition) is 13. The summed E-state index contributed by atoms with van der Waals surface area (Å²) in [6, 6.07) is 12.8. The monoisotopic (exact) mass is 871 g/mol. The van der Waals surface area contributed by atoms with E-state index < -0.39 is 18.3 Å². The third-order valence-electron chi connectivity index (χ3n) is 13.7. The first-order valence-corrected chi connectivity index (χ1v) is 22.9. The second-order valence-corrected chi connectivity index (χ2v) is 18.2. The van der Waals surface area contributed by atoms with Crippen LogP contribution in [-0.2, 0) is 28.3 Å². The van der Waals surface area contributed by atoms with E-state index >= 15 is 0 Å². The second kappa shape index (κ2) is 21.2. The van der Waals surface area contributed by atoms with Crippen LogP contribution < -0.4 is 20.0 Å². The van der Waals surface area contributed by atoms with E-state index in [0.717, 1.165) is 130 Å². The van der Waals surface area contributed by atoms with Crippen LogP contribution in [0.2, 0.25) is 0 Å². The lowest BCUT2D eigenvalue weighted by Crippen LogP contribution is -2.42. The predicted octanol–water partition coefficient (Wildman–Crippen LogP) is 7.41. The zero-order valence-corrected chi connectivity index (χ0v) is 39.7. The highest BCUT2D eigenvalue weighted by Crippen LogP contribution is 2.38. The van der Waals surface area contributed by atoms with E-state index in [1.807, 2.05) is 72.0 Å². The van der Waals surface area contributed by atoms with Crippen molar-refractivity contribution in [2.75, 3.05) is 83.7 Å². The molecule has 344 valence electrons. The lowest BCUT2D eigenvalue weighted by Gasteiger charge is -2.37. The molecule has 0 bridgehead atoms. The summed E-state index contributed by atoms with van der Waals surface area (Å²) in [4.78, 5) is 36.9. The summed E-state index contributed by atoms with van der Waals surface area (Å²) in [6.45, 7) is 23.3. The Balaban J connectivity index is 0.000000213. The first-order valence-electron chi connectivity index (χ1n) is 22.9. The molecule has 1 aromatic heterocycles. The number of likely N-dealkylation sites (tertiary alicyclic amines) is 1. The molecule has 13 nitrogen and oxygen atoms in total. The van der Waals surface area contributed by atoms with Crippen LogP contribution in [0.15, 0.2) is 42.6 Å². The van der Waals surface area contributed by atoms with Crippen LogP contribution >= 0.6 is 0 Å². The van der Waals surface area contributed by atoms with E-state index in [1.54, 1.807) is 0 Å². The average Bonchev–Trinajstić information content (AvgIpc) is 3.52. The molecule has 4 fully saturated rings. The lowest BCUT2D eigenvalue weighted by molar-refractivity contribution is 0.00578.